The van der Waals surface area contributed by atoms with Gasteiger partial charge in [-0.2, -0.15) is 9.97 Å². The summed E-state index contributed by atoms with van der Waals surface area (Å²) in [6.07, 6.45) is 12.5. The Hall–Kier alpha value is -4.20. The van der Waals surface area contributed by atoms with E-state index in [1.54, 1.807) is 6.07 Å². The number of nitrogens with one attached hydrogen (secondary N) is 1. The molecular formula is C38H39F2N5O3. The number of hydrogen-bond donors (Lipinski definition) is 2. The van der Waals surface area contributed by atoms with Gasteiger partial charge in [0.05, 0.1) is 23.6 Å². The van der Waals surface area contributed by atoms with Gasteiger partial charge in [-0.05, 0) is 86.2 Å². The molecule has 1 aromatic heterocycles. The number of benzene rings is 3. The molecule has 1 aliphatic carbocycles. The van der Waals surface area contributed by atoms with E-state index in [0.29, 0.717) is 52.9 Å². The second kappa shape index (κ2) is 11.2. The van der Waals surface area contributed by atoms with Gasteiger partial charge in [0, 0.05) is 48.1 Å². The largest absolute Gasteiger partial charge is 0.508 e. The van der Waals surface area contributed by atoms with E-state index in [9.17, 15) is 5.11 Å². The zero-order valence-electron chi connectivity index (χ0n) is 27.1. The van der Waals surface area contributed by atoms with Gasteiger partial charge in [0.15, 0.2) is 5.82 Å². The van der Waals surface area contributed by atoms with Crippen LogP contribution in [0.4, 0.5) is 14.6 Å². The summed E-state index contributed by atoms with van der Waals surface area (Å²) in [5.74, 6) is 2.85. The fraction of sp³-hybridized carbons (Fsp3) is 0.474. The quantitative estimate of drug-likeness (QED) is 0.246. The molecule has 1 saturated carbocycles. The number of hydrogen-bond acceptors (Lipinski definition) is 8. The van der Waals surface area contributed by atoms with Crippen LogP contribution in [-0.2, 0) is 0 Å². The van der Waals surface area contributed by atoms with Gasteiger partial charge in [0.2, 0.25) is 0 Å². The number of piperidine rings is 1. The summed E-state index contributed by atoms with van der Waals surface area (Å²) in [7, 11) is 0. The minimum atomic E-state index is -0.634. The highest BCUT2D eigenvalue weighted by Crippen LogP contribution is 2.49. The molecule has 5 aliphatic rings. The topological polar surface area (TPSA) is 83.0 Å². The zero-order chi connectivity index (χ0) is 32.7. The number of fused-ring (bicyclic) bond motifs is 6. The fourth-order valence-electron chi connectivity index (χ4n) is 8.73. The van der Waals surface area contributed by atoms with E-state index >= 15 is 8.78 Å². The van der Waals surface area contributed by atoms with Crippen molar-refractivity contribution >= 4 is 27.5 Å². The van der Waals surface area contributed by atoms with Crippen molar-refractivity contribution in [2.24, 2.45) is 11.3 Å². The molecular weight excluding hydrogens is 612 g/mol. The Labute approximate surface area is 278 Å². The number of rotatable bonds is 6. The first-order valence-corrected chi connectivity index (χ1v) is 17.3. The second-order valence-electron chi connectivity index (χ2n) is 14.8. The van der Waals surface area contributed by atoms with E-state index in [4.69, 9.17) is 25.9 Å². The molecule has 3 aromatic carbocycles. The summed E-state index contributed by atoms with van der Waals surface area (Å²) in [6, 6.07) is 7.98. The van der Waals surface area contributed by atoms with Crippen molar-refractivity contribution in [3.63, 3.8) is 0 Å². The molecule has 10 heteroatoms. The first-order chi connectivity index (χ1) is 23.3. The average Bonchev–Trinajstić information content (AvgIpc) is 3.76. The highest BCUT2D eigenvalue weighted by atomic mass is 19.1. The molecule has 4 aliphatic heterocycles. The van der Waals surface area contributed by atoms with Gasteiger partial charge in [-0.3, -0.25) is 0 Å². The van der Waals surface area contributed by atoms with Crippen LogP contribution in [0, 0.1) is 35.3 Å². The van der Waals surface area contributed by atoms with E-state index in [1.165, 1.54) is 37.1 Å². The van der Waals surface area contributed by atoms with E-state index in [2.05, 4.69) is 28.0 Å². The first-order valence-electron chi connectivity index (χ1n) is 17.3. The van der Waals surface area contributed by atoms with Crippen molar-refractivity contribution in [3.8, 4) is 41.0 Å². The maximum atomic E-state index is 17.1. The molecule has 0 amide bonds. The molecule has 0 unspecified atom stereocenters. The van der Waals surface area contributed by atoms with Crippen molar-refractivity contribution in [1.29, 1.82) is 0 Å². The molecule has 5 heterocycles. The molecule has 9 rings (SSSR count). The van der Waals surface area contributed by atoms with Crippen LogP contribution in [-0.4, -0.2) is 77.5 Å². The number of piperazine rings is 1. The lowest BCUT2D eigenvalue weighted by atomic mass is 9.92. The van der Waals surface area contributed by atoms with Crippen LogP contribution in [0.5, 0.6) is 17.5 Å². The van der Waals surface area contributed by atoms with Crippen LogP contribution < -0.4 is 19.7 Å². The van der Waals surface area contributed by atoms with Crippen LogP contribution in [0.3, 0.4) is 0 Å². The van der Waals surface area contributed by atoms with Gasteiger partial charge in [-0.25, -0.2) is 8.78 Å². The Kier molecular flexibility index (Phi) is 6.96. The van der Waals surface area contributed by atoms with Gasteiger partial charge >= 0.3 is 6.01 Å². The molecule has 4 atom stereocenters. The Morgan fingerprint density at radius 3 is 2.79 bits per heavy atom. The number of phenols is 1. The number of nitrogens with zero attached hydrogens (tertiary/aromatic N) is 4. The summed E-state index contributed by atoms with van der Waals surface area (Å²) in [5, 5.41) is 15.7. The third-order valence-corrected chi connectivity index (χ3v) is 11.3. The molecule has 2 bridgehead atoms. The van der Waals surface area contributed by atoms with Crippen LogP contribution in [0.2, 0.25) is 0 Å². The third-order valence-electron chi connectivity index (χ3n) is 11.3. The number of terminal acetylenes is 1. The maximum Gasteiger partial charge on any atom is 0.319 e. The van der Waals surface area contributed by atoms with Crippen molar-refractivity contribution in [2.75, 3.05) is 44.3 Å². The van der Waals surface area contributed by atoms with Crippen molar-refractivity contribution in [3.05, 3.63) is 47.5 Å². The Morgan fingerprint density at radius 2 is 1.98 bits per heavy atom. The molecule has 48 heavy (non-hydrogen) atoms. The number of halogens is 2. The van der Waals surface area contributed by atoms with Gasteiger partial charge in [0.1, 0.15) is 35.3 Å². The molecule has 2 N–H and O–H groups in total. The predicted octanol–water partition coefficient (Wildman–Crippen LogP) is 6.01. The highest BCUT2D eigenvalue weighted by molar-refractivity contribution is 6.06. The van der Waals surface area contributed by atoms with Gasteiger partial charge in [-0.15, -0.1) is 6.42 Å². The SMILES string of the molecule is C#Cc1c(F)ccc2cc(O)cc(-c3cc4c5c(nc(OCC6(CN7CCC[C@H](C)C7)CC6)nc5c3F)N3C[C@H]5CC[C@H](N5)[C@H]3CO4)c12. The minimum Gasteiger partial charge on any atom is -0.508 e. The molecule has 248 valence electrons. The molecule has 0 spiro atoms. The van der Waals surface area contributed by atoms with Gasteiger partial charge < -0.3 is 29.7 Å². The van der Waals surface area contributed by atoms with Gasteiger partial charge in [-0.1, -0.05) is 18.9 Å². The summed E-state index contributed by atoms with van der Waals surface area (Å²) < 4.78 is 45.1. The standard InChI is InChI=1S/C38H39F2N5O3/c1-3-25-28(39)8-6-22-13-24(46)14-26(32(22)25)27-15-31-33-35(34(27)40)42-37(48-20-38(10-11-38)19-44-12-4-5-21(2)16-44)43-36(33)45-17-23-7-9-29(41-23)30(45)18-47-31/h1,6,8,13-15,21,23,29-30,41,46H,4-5,7,9-12,16-20H2,2H3/t21-,23+,29-,30+/m0/s1. The zero-order valence-corrected chi connectivity index (χ0v) is 27.1. The van der Waals surface area contributed by atoms with Crippen molar-refractivity contribution in [2.45, 2.75) is 63.6 Å². The van der Waals surface area contributed by atoms with E-state index in [0.717, 1.165) is 51.9 Å². The number of aromatic nitrogens is 2. The lowest BCUT2D eigenvalue weighted by molar-refractivity contribution is 0.119. The molecule has 3 saturated heterocycles. The number of anilines is 1. The number of phenolic OH excluding ortho intramolecular Hbond substituents is 1. The second-order valence-corrected chi connectivity index (χ2v) is 14.8. The molecule has 0 radical (unpaired) electrons. The molecule has 4 aromatic rings. The summed E-state index contributed by atoms with van der Waals surface area (Å²) in [4.78, 5) is 14.5. The monoisotopic (exact) mass is 651 g/mol. The van der Waals surface area contributed by atoms with Crippen LogP contribution >= 0.6 is 0 Å². The highest BCUT2D eigenvalue weighted by Gasteiger charge is 2.46. The normalized spacial score (nSPS) is 25.8. The average molecular weight is 652 g/mol. The van der Waals surface area contributed by atoms with E-state index in [1.807, 2.05) is 0 Å². The lowest BCUT2D eigenvalue weighted by Gasteiger charge is -2.40. The fourth-order valence-corrected chi connectivity index (χ4v) is 8.73. The minimum absolute atomic E-state index is 0.00163. The van der Waals surface area contributed by atoms with Gasteiger partial charge in [0.25, 0.3) is 0 Å². The predicted molar refractivity (Wildman–Crippen MR) is 181 cm³/mol. The smallest absolute Gasteiger partial charge is 0.319 e. The Morgan fingerprint density at radius 1 is 1.10 bits per heavy atom. The molecule has 4 fully saturated rings. The van der Waals surface area contributed by atoms with E-state index in [-0.39, 0.29) is 51.5 Å². The summed E-state index contributed by atoms with van der Waals surface area (Å²) in [6.45, 7) is 7.08. The Bertz CT molecular complexity index is 2010. The Balaban J connectivity index is 1.18. The number of ether oxygens (including phenoxy) is 2. The van der Waals surface area contributed by atoms with Crippen LogP contribution in [0.15, 0.2) is 30.3 Å². The number of likely N-dealkylation sites (tertiary alicyclic amines) is 1. The summed E-state index contributed by atoms with van der Waals surface area (Å²) in [5.41, 5.74) is 0.478. The van der Waals surface area contributed by atoms with Crippen molar-refractivity contribution < 1.29 is 23.4 Å². The van der Waals surface area contributed by atoms with Crippen LogP contribution in [0.25, 0.3) is 32.8 Å². The third kappa shape index (κ3) is 4.93. The maximum absolute atomic E-state index is 17.1. The molecule has 8 nitrogen and oxygen atoms in total. The van der Waals surface area contributed by atoms with Crippen LogP contribution in [0.1, 0.15) is 51.0 Å². The number of aromatic hydroxyl groups is 1. The lowest BCUT2D eigenvalue weighted by Crippen LogP contribution is -2.60. The first kappa shape index (κ1) is 29.9. The van der Waals surface area contributed by atoms with E-state index < -0.39 is 11.6 Å². The summed E-state index contributed by atoms with van der Waals surface area (Å²) >= 11 is 0. The van der Waals surface area contributed by atoms with Crippen molar-refractivity contribution in [1.82, 2.24) is 20.2 Å².